The van der Waals surface area contributed by atoms with Crippen molar-refractivity contribution in [3.8, 4) is 0 Å². The molecule has 0 aliphatic carbocycles. The molecule has 117 heavy (non-hydrogen) atoms. The van der Waals surface area contributed by atoms with Gasteiger partial charge in [0.1, 0.15) is 96.4 Å². The lowest BCUT2D eigenvalue weighted by molar-refractivity contribution is -0.0613. The third-order valence-corrected chi connectivity index (χ3v) is 25.0. The van der Waals surface area contributed by atoms with E-state index < -0.39 is 110 Å². The van der Waals surface area contributed by atoms with Crippen LogP contribution in [0.15, 0.2) is 183 Å². The van der Waals surface area contributed by atoms with Crippen LogP contribution in [-0.4, -0.2) is 246 Å². The minimum absolute atomic E-state index is 0.128. The summed E-state index contributed by atoms with van der Waals surface area (Å²) >= 11 is 8.55. The number of hydrogen-bond donors (Lipinski definition) is 15. The van der Waals surface area contributed by atoms with Crippen LogP contribution < -0.4 is 0 Å². The molecule has 9 aliphatic heterocycles. The van der Waals surface area contributed by atoms with Gasteiger partial charge in [0.05, 0.1) is 79.3 Å². The standard InChI is InChI=1S/C16H19NO4.C16H19NO3.C16H18O4.C16H18O3.C13H15NO3S.C12H13NO4S2/c1-9-3-4-12-10(2)17(6-5-11(12)7-9)16-15(20)14(19)13(8-18)21-16;1-10-3-4-13-11(2)17(6-5-12(13)7-10)16-8-14(19)15(9-18)20-16;1-9-6-10-4-2-3-5-11(10)7-12(9)16-15(19)14(18)13(8-17)20-16;1-10-6-11-4-2-3-5-12(11)7-13(10)15-8-14(18)16(9-17)19-15;1-8-13-9(3-5-18-13)2-4-14(8)12-6-10(16)11(7-15)17-12;14-5-7-8(15)9(16)11(17-7)13-3-1-6-2-4-19-10(6)12(13)18/h3-7,13-16,18-20H,2,8H2,1H3;3-7,14-16,18-19H,2,8-9H2,1H3;2-7,13-19H,8H2,1H3;2-7,14-18H,8-9H2,1H3;2-5,10-12,15-16H,1,6-7H2;1-4,7-9,11,14-16H,5H2/t13-,14?,15+,16-;14?,15-,16-;13-,14?,15+,16+;14?,15-,16-;10?,11-,12-;7-,8?,9+,11-/m111111/s1. The Hall–Kier alpha value is -8.13. The number of aliphatic hydroxyl groups is 15. The Morgan fingerprint density at radius 3 is 1.35 bits per heavy atom. The molecule has 21 atom stereocenters. The Balaban J connectivity index is 0.000000122. The Morgan fingerprint density at radius 2 is 0.838 bits per heavy atom. The normalized spacial score (nSPS) is 29.9. The van der Waals surface area contributed by atoms with E-state index in [1.54, 1.807) is 33.2 Å². The van der Waals surface area contributed by atoms with E-state index in [9.17, 15) is 46.0 Å². The van der Waals surface area contributed by atoms with Crippen LogP contribution in [0, 0.1) is 32.3 Å². The monoisotopic (exact) mass is 1660 g/mol. The third-order valence-electron chi connectivity index (χ3n) is 22.6. The Labute approximate surface area is 690 Å². The predicted molar refractivity (Wildman–Crippen MR) is 450 cm³/mol. The number of fused-ring (bicyclic) bond motifs is 6. The van der Waals surface area contributed by atoms with Gasteiger partial charge >= 0.3 is 0 Å². The number of ether oxygens (including phenoxy) is 6. The molecule has 9 aromatic rings. The van der Waals surface area contributed by atoms with Crippen LogP contribution in [0.1, 0.15) is 104 Å². The molecule has 0 amide bonds. The van der Waals surface area contributed by atoms with Crippen molar-refractivity contribution in [1.29, 1.82) is 0 Å². The van der Waals surface area contributed by atoms with Gasteiger partial charge in [-0.1, -0.05) is 140 Å². The molecule has 6 unspecified atom stereocenters. The molecular formula is C89H102N4O21S3. The van der Waals surface area contributed by atoms with Crippen LogP contribution in [0.2, 0.25) is 0 Å². The molecule has 6 fully saturated rings. The van der Waals surface area contributed by atoms with E-state index in [0.29, 0.717) is 29.6 Å². The Kier molecular flexibility index (Phi) is 28.2. The molecule has 0 bridgehead atoms. The summed E-state index contributed by atoms with van der Waals surface area (Å²) in [5, 5.41) is 154. The topological polar surface area (TPSA) is 373 Å². The molecule has 6 saturated heterocycles. The van der Waals surface area contributed by atoms with E-state index in [4.69, 9.17) is 71.3 Å². The summed E-state index contributed by atoms with van der Waals surface area (Å²) < 4.78 is 36.8. The lowest BCUT2D eigenvalue weighted by atomic mass is 9.94. The molecule has 9 aliphatic rings. The van der Waals surface area contributed by atoms with Crippen molar-refractivity contribution >= 4 is 102 Å². The number of pyridine rings is 1. The summed E-state index contributed by atoms with van der Waals surface area (Å²) in [6.07, 6.45) is -0.0964. The quantitative estimate of drug-likeness (QED) is 0.0509. The van der Waals surface area contributed by atoms with Crippen molar-refractivity contribution in [2.45, 2.75) is 176 Å². The van der Waals surface area contributed by atoms with Gasteiger partial charge in [0.25, 0.3) is 0 Å². The summed E-state index contributed by atoms with van der Waals surface area (Å²) in [6, 6.07) is 42.6. The van der Waals surface area contributed by atoms with Gasteiger partial charge in [-0.15, -0.1) is 22.7 Å². The Morgan fingerprint density at radius 1 is 0.402 bits per heavy atom. The molecular weight excluding hydrogens is 1560 g/mol. The fraction of sp³-hybridized carbons (Fsp3) is 0.382. The lowest BCUT2D eigenvalue weighted by Crippen LogP contribution is -2.41. The number of benzene rings is 6. The first-order chi connectivity index (χ1) is 56.3. The average molecular weight is 1660 g/mol. The fourth-order valence-electron chi connectivity index (χ4n) is 15.9. The molecule has 3 aromatic heterocycles. The van der Waals surface area contributed by atoms with Gasteiger partial charge in [0, 0.05) is 66.6 Å². The first-order valence-electron chi connectivity index (χ1n) is 38.8. The minimum Gasteiger partial charge on any atom is -0.394 e. The van der Waals surface area contributed by atoms with Gasteiger partial charge < -0.3 is 124 Å². The number of aliphatic hydroxyl groups excluding tert-OH is 15. The van der Waals surface area contributed by atoms with Crippen LogP contribution in [0.3, 0.4) is 0 Å². The average Bonchev–Trinajstić information content (AvgIpc) is 1.39. The summed E-state index contributed by atoms with van der Waals surface area (Å²) in [7, 11) is 0. The van der Waals surface area contributed by atoms with Crippen molar-refractivity contribution in [3.05, 3.63) is 253 Å². The number of aromatic nitrogens is 1. The molecule has 12 heterocycles. The van der Waals surface area contributed by atoms with Crippen molar-refractivity contribution in [3.63, 3.8) is 0 Å². The van der Waals surface area contributed by atoms with Gasteiger partial charge in [-0.25, -0.2) is 0 Å². The maximum Gasteiger partial charge on any atom is 0.164 e. The number of nitrogens with zero attached hydrogens (tertiary/aromatic N) is 4. The van der Waals surface area contributed by atoms with Gasteiger partial charge in [-0.3, -0.25) is 0 Å². The van der Waals surface area contributed by atoms with Crippen LogP contribution in [0.4, 0.5) is 0 Å². The summed E-state index contributed by atoms with van der Waals surface area (Å²) in [5.74, 6) is 0. The highest BCUT2D eigenvalue weighted by Crippen LogP contribution is 2.43. The Bertz CT molecular complexity index is 5170. The van der Waals surface area contributed by atoms with E-state index in [2.05, 4.69) is 88.2 Å². The fourth-order valence-corrected chi connectivity index (χ4v) is 18.0. The summed E-state index contributed by atoms with van der Waals surface area (Å²) in [6.45, 7) is 18.9. The van der Waals surface area contributed by atoms with Crippen molar-refractivity contribution < 1.29 is 105 Å². The maximum absolute atomic E-state index is 10.1. The highest BCUT2D eigenvalue weighted by Gasteiger charge is 2.48. The highest BCUT2D eigenvalue weighted by molar-refractivity contribution is 7.71. The van der Waals surface area contributed by atoms with E-state index in [1.807, 2.05) is 138 Å². The molecule has 25 nitrogen and oxygen atoms in total. The second-order valence-electron chi connectivity index (χ2n) is 30.3. The predicted octanol–water partition coefficient (Wildman–Crippen LogP) is 8.56. The third kappa shape index (κ3) is 18.5. The zero-order chi connectivity index (χ0) is 83.4. The molecule has 18 rings (SSSR count). The summed E-state index contributed by atoms with van der Waals surface area (Å²) in [5.41, 5.74) is 14.3. The van der Waals surface area contributed by atoms with Gasteiger partial charge in [0.15, 0.2) is 12.5 Å². The molecule has 622 valence electrons. The van der Waals surface area contributed by atoms with E-state index >= 15 is 0 Å². The largest absolute Gasteiger partial charge is 0.394 e. The highest BCUT2D eigenvalue weighted by atomic mass is 32.1. The number of hydrogen-bond acceptors (Lipinski definition) is 27. The summed E-state index contributed by atoms with van der Waals surface area (Å²) in [4.78, 5) is 6.68. The number of rotatable bonds is 12. The maximum atomic E-state index is 10.1. The molecule has 28 heteroatoms. The zero-order valence-corrected chi connectivity index (χ0v) is 67.6. The molecule has 15 N–H and O–H groups in total. The second kappa shape index (κ2) is 38.1. The van der Waals surface area contributed by atoms with E-state index in [-0.39, 0.29) is 58.2 Å². The molecule has 6 aromatic carbocycles. The smallest absolute Gasteiger partial charge is 0.164 e. The van der Waals surface area contributed by atoms with Crippen molar-refractivity contribution in [2.24, 2.45) is 0 Å². The second-order valence-corrected chi connectivity index (χ2v) is 32.6. The molecule has 0 radical (unpaired) electrons. The van der Waals surface area contributed by atoms with Gasteiger partial charge in [-0.05, 0) is 153 Å². The first-order valence-corrected chi connectivity index (χ1v) is 41.0. The zero-order valence-electron chi connectivity index (χ0n) is 65.1. The van der Waals surface area contributed by atoms with Gasteiger partial charge in [-0.2, -0.15) is 0 Å². The van der Waals surface area contributed by atoms with Crippen molar-refractivity contribution in [1.82, 2.24) is 19.3 Å². The van der Waals surface area contributed by atoms with Crippen molar-refractivity contribution in [2.75, 3.05) is 39.6 Å². The minimum atomic E-state index is -1.11. The van der Waals surface area contributed by atoms with Crippen LogP contribution in [0.5, 0.6) is 0 Å². The SMILES string of the molecule is C=C1c2ccc(C)cc2C=CN1[C@@H]1O[C@H](CO)C(O)[C@@H]1O.C=C1c2ccc(C)cc2C=CN1[C@H]1CC(O)[C@@H](CO)O1.C=C1c2sccc2C=CN1[C@H]1CC(O)[C@@H](CO)O1.Cc1cc2ccccc2cc1[C@@H]1O[C@H](CO)C(O)[C@@H]1O.Cc1cc2ccccc2cc1[C@H]1CC(O)[C@@H](CO)O1.OC[C@H]1O[C@@H](n2ccc3ccsc3c2=S)[C@@H](O)C1O. The molecule has 0 spiro atoms. The van der Waals surface area contributed by atoms with E-state index in [1.165, 1.54) is 33.2 Å². The number of thiophene rings is 2. The van der Waals surface area contributed by atoms with E-state index in [0.717, 1.165) is 87.2 Å². The number of aryl methyl sites for hydroxylation is 4. The van der Waals surface area contributed by atoms with Gasteiger partial charge in [0.2, 0.25) is 0 Å². The van der Waals surface area contributed by atoms with Crippen LogP contribution in [0.25, 0.3) is 67.0 Å². The molecule has 0 saturated carbocycles. The first kappa shape index (κ1) is 86.7. The van der Waals surface area contributed by atoms with Crippen LogP contribution >= 0.6 is 34.9 Å². The van der Waals surface area contributed by atoms with Crippen LogP contribution in [-0.2, 0) is 28.4 Å². The lowest BCUT2D eigenvalue weighted by Gasteiger charge is -2.34.